The Morgan fingerprint density at radius 2 is 1.44 bits per heavy atom. The van der Waals surface area contributed by atoms with E-state index in [0.717, 1.165) is 21.7 Å². The molecule has 0 saturated heterocycles. The molecule has 25 heavy (non-hydrogen) atoms. The number of aryl methyl sites for hydroxylation is 1. The smallest absolute Gasteiger partial charge is 0.261 e. The minimum atomic E-state index is -0.0389. The molecule has 0 radical (unpaired) electrons. The van der Waals surface area contributed by atoms with Crippen LogP contribution < -0.4 is 16.0 Å². The lowest BCUT2D eigenvalue weighted by atomic mass is 9.98. The molecule has 4 N–H and O–H groups in total. The molecule has 4 heteroatoms. The Morgan fingerprint density at radius 1 is 0.800 bits per heavy atom. The number of carbonyl (C=O) groups excluding carboxylic acids is 1. The number of hydrogen-bond acceptors (Lipinski definition) is 3. The summed E-state index contributed by atoms with van der Waals surface area (Å²) in [4.78, 5) is 13.2. The molecule has 0 aliphatic carbocycles. The topological polar surface area (TPSA) is 73.0 Å². The van der Waals surface area contributed by atoms with Crippen LogP contribution >= 0.6 is 0 Å². The van der Waals surface area contributed by atoms with Crippen LogP contribution in [0.1, 0.15) is 16.1 Å². The minimum absolute atomic E-state index is 0.0389. The fraction of sp³-hybridized carbons (Fsp3) is 0.0476. The highest BCUT2D eigenvalue weighted by Crippen LogP contribution is 2.29. The van der Waals surface area contributed by atoms with Crippen molar-refractivity contribution < 1.29 is 9.36 Å². The van der Waals surface area contributed by atoms with Gasteiger partial charge in [0, 0.05) is 28.4 Å². The first-order valence-corrected chi connectivity index (χ1v) is 8.06. The molecule has 1 aromatic heterocycles. The number of hydrogen-bond donors (Lipinski definition) is 2. The second-order valence-corrected chi connectivity index (χ2v) is 6.18. The van der Waals surface area contributed by atoms with Gasteiger partial charge in [0.05, 0.1) is 10.8 Å². The molecule has 0 aliphatic heterocycles. The van der Waals surface area contributed by atoms with Crippen LogP contribution in [-0.2, 0) is 7.05 Å². The molecule has 0 fully saturated rings. The number of aromatic nitrogens is 1. The molecule has 1 heterocycles. The number of nitrogens with two attached hydrogens (primary N) is 2. The van der Waals surface area contributed by atoms with Crippen molar-refractivity contribution in [3.05, 3.63) is 78.0 Å². The summed E-state index contributed by atoms with van der Waals surface area (Å²) < 4.78 is 1.91. The Morgan fingerprint density at radius 3 is 2.16 bits per heavy atom. The van der Waals surface area contributed by atoms with Gasteiger partial charge in [-0.2, -0.15) is 4.57 Å². The zero-order valence-corrected chi connectivity index (χ0v) is 13.9. The monoisotopic (exact) mass is 328 g/mol. The average Bonchev–Trinajstić information content (AvgIpc) is 2.62. The van der Waals surface area contributed by atoms with Crippen molar-refractivity contribution in [3.8, 4) is 0 Å². The van der Waals surface area contributed by atoms with E-state index in [1.165, 1.54) is 0 Å². The van der Waals surface area contributed by atoms with E-state index in [0.29, 0.717) is 22.6 Å². The summed E-state index contributed by atoms with van der Waals surface area (Å²) in [5.74, 6) is -0.0389. The molecule has 0 bridgehead atoms. The standard InChI is InChI=1S/C21H17N3O/c1-24-19-12-15(23)8-10-17(19)16-9-7-14(22)11-18(16)20(24)21(25)13-5-3-2-4-6-13/h2-12,23H,1H3,(H2,22,25)/p+1. The normalized spacial score (nSPS) is 11.1. The van der Waals surface area contributed by atoms with Crippen molar-refractivity contribution in [1.29, 1.82) is 0 Å². The third kappa shape index (κ3) is 2.39. The zero-order chi connectivity index (χ0) is 17.6. The molecular formula is C21H18N3O+. The summed E-state index contributed by atoms with van der Waals surface area (Å²) >= 11 is 0. The van der Waals surface area contributed by atoms with Crippen molar-refractivity contribution in [3.63, 3.8) is 0 Å². The van der Waals surface area contributed by atoms with Gasteiger partial charge in [0.1, 0.15) is 7.05 Å². The van der Waals surface area contributed by atoms with Crippen LogP contribution in [-0.4, -0.2) is 5.78 Å². The molecule has 0 aliphatic rings. The fourth-order valence-corrected chi connectivity index (χ4v) is 3.35. The van der Waals surface area contributed by atoms with Crippen molar-refractivity contribution in [2.45, 2.75) is 0 Å². The van der Waals surface area contributed by atoms with Crippen LogP contribution in [0, 0.1) is 0 Å². The number of fused-ring (bicyclic) bond motifs is 3. The highest BCUT2D eigenvalue weighted by Gasteiger charge is 2.26. The van der Waals surface area contributed by atoms with Gasteiger partial charge in [0.2, 0.25) is 5.52 Å². The van der Waals surface area contributed by atoms with E-state index >= 15 is 0 Å². The molecule has 0 atom stereocenters. The van der Waals surface area contributed by atoms with E-state index in [1.54, 1.807) is 0 Å². The molecule has 0 unspecified atom stereocenters. The maximum Gasteiger partial charge on any atom is 0.261 e. The van der Waals surface area contributed by atoms with Gasteiger partial charge >= 0.3 is 0 Å². The Balaban J connectivity index is 2.16. The molecule has 3 aromatic carbocycles. The lowest BCUT2D eigenvalue weighted by Crippen LogP contribution is -2.37. The third-order valence-corrected chi connectivity index (χ3v) is 4.56. The number of ketones is 1. The largest absolute Gasteiger partial charge is 0.399 e. The van der Waals surface area contributed by atoms with E-state index in [4.69, 9.17) is 11.5 Å². The van der Waals surface area contributed by atoms with Crippen molar-refractivity contribution in [1.82, 2.24) is 0 Å². The van der Waals surface area contributed by atoms with Gasteiger partial charge in [0.15, 0.2) is 0 Å². The van der Waals surface area contributed by atoms with E-state index < -0.39 is 0 Å². The van der Waals surface area contributed by atoms with Crippen LogP contribution in [0.5, 0.6) is 0 Å². The highest BCUT2D eigenvalue weighted by atomic mass is 16.1. The Hall–Kier alpha value is -3.40. The quantitative estimate of drug-likeness (QED) is 0.257. The van der Waals surface area contributed by atoms with Gasteiger partial charge in [-0.25, -0.2) is 0 Å². The summed E-state index contributed by atoms with van der Waals surface area (Å²) in [5, 5.41) is 2.87. The van der Waals surface area contributed by atoms with E-state index in [-0.39, 0.29) is 5.78 Å². The second kappa shape index (κ2) is 5.60. The molecular weight excluding hydrogens is 310 g/mol. The number of anilines is 2. The van der Waals surface area contributed by atoms with E-state index in [1.807, 2.05) is 78.3 Å². The molecule has 122 valence electrons. The van der Waals surface area contributed by atoms with Gasteiger partial charge in [0.25, 0.3) is 11.5 Å². The summed E-state index contributed by atoms with van der Waals surface area (Å²) in [6.07, 6.45) is 0. The number of nitrogens with zero attached hydrogens (tertiary/aromatic N) is 1. The Labute approximate surface area is 145 Å². The van der Waals surface area contributed by atoms with Crippen LogP contribution in [0.2, 0.25) is 0 Å². The Bertz CT molecular complexity index is 1130. The van der Waals surface area contributed by atoms with Gasteiger partial charge < -0.3 is 11.5 Å². The number of carbonyl (C=O) groups is 1. The third-order valence-electron chi connectivity index (χ3n) is 4.56. The van der Waals surface area contributed by atoms with Gasteiger partial charge in [-0.1, -0.05) is 36.4 Å². The lowest BCUT2D eigenvalue weighted by Gasteiger charge is -2.10. The molecule has 0 saturated carbocycles. The van der Waals surface area contributed by atoms with Crippen molar-refractivity contribution >= 4 is 38.8 Å². The molecule has 4 rings (SSSR count). The van der Waals surface area contributed by atoms with E-state index in [2.05, 4.69) is 0 Å². The number of rotatable bonds is 2. The number of pyridine rings is 1. The molecule has 4 aromatic rings. The predicted octanol–water partition coefficient (Wildman–Crippen LogP) is 3.21. The van der Waals surface area contributed by atoms with Crippen molar-refractivity contribution in [2.75, 3.05) is 11.5 Å². The molecule has 4 nitrogen and oxygen atoms in total. The summed E-state index contributed by atoms with van der Waals surface area (Å²) in [5.41, 5.74) is 15.4. The van der Waals surface area contributed by atoms with Gasteiger partial charge in [-0.3, -0.25) is 4.79 Å². The predicted molar refractivity (Wildman–Crippen MR) is 101 cm³/mol. The SMILES string of the molecule is C[n+]1c(C(=O)c2ccccc2)c2cc(N)ccc2c2ccc(N)cc21. The summed E-state index contributed by atoms with van der Waals surface area (Å²) in [6.45, 7) is 0. The van der Waals surface area contributed by atoms with Gasteiger partial charge in [-0.15, -0.1) is 0 Å². The maximum atomic E-state index is 13.2. The highest BCUT2D eigenvalue weighted by molar-refractivity contribution is 6.18. The van der Waals surface area contributed by atoms with Crippen LogP contribution in [0.4, 0.5) is 11.4 Å². The minimum Gasteiger partial charge on any atom is -0.399 e. The van der Waals surface area contributed by atoms with Crippen LogP contribution in [0.25, 0.3) is 21.7 Å². The molecule has 0 spiro atoms. The zero-order valence-electron chi connectivity index (χ0n) is 13.9. The summed E-state index contributed by atoms with van der Waals surface area (Å²) in [6, 6.07) is 20.7. The number of benzene rings is 3. The number of nitrogen functional groups attached to an aromatic ring is 2. The van der Waals surface area contributed by atoms with E-state index in [9.17, 15) is 4.79 Å². The first-order valence-electron chi connectivity index (χ1n) is 8.06. The van der Waals surface area contributed by atoms with Crippen molar-refractivity contribution in [2.24, 2.45) is 7.05 Å². The Kier molecular flexibility index (Phi) is 3.39. The van der Waals surface area contributed by atoms with Crippen LogP contribution in [0.3, 0.4) is 0 Å². The molecule has 0 amide bonds. The van der Waals surface area contributed by atoms with Gasteiger partial charge in [-0.05, 0) is 24.3 Å². The maximum absolute atomic E-state index is 13.2. The fourth-order valence-electron chi connectivity index (χ4n) is 3.35. The average molecular weight is 328 g/mol. The lowest BCUT2D eigenvalue weighted by molar-refractivity contribution is -0.645. The first kappa shape index (κ1) is 15.1. The van der Waals surface area contributed by atoms with Crippen LogP contribution in [0.15, 0.2) is 66.7 Å². The summed E-state index contributed by atoms with van der Waals surface area (Å²) in [7, 11) is 1.89. The first-order chi connectivity index (χ1) is 12.1. The second-order valence-electron chi connectivity index (χ2n) is 6.18.